The number of aryl methyl sites for hydroxylation is 1. The van der Waals surface area contributed by atoms with Crippen molar-refractivity contribution in [1.29, 1.82) is 0 Å². The molecule has 1 unspecified atom stereocenters. The minimum absolute atomic E-state index is 0.139. The van der Waals surface area contributed by atoms with Crippen molar-refractivity contribution in [2.24, 2.45) is 13.0 Å². The summed E-state index contributed by atoms with van der Waals surface area (Å²) in [5, 5.41) is 12.6. The van der Waals surface area contributed by atoms with Crippen LogP contribution >= 0.6 is 0 Å². The van der Waals surface area contributed by atoms with Crippen LogP contribution in [0.5, 0.6) is 5.88 Å². The van der Waals surface area contributed by atoms with Gasteiger partial charge in [0.15, 0.2) is 0 Å². The Hall–Kier alpha value is -2.67. The van der Waals surface area contributed by atoms with Gasteiger partial charge in [0.2, 0.25) is 11.8 Å². The van der Waals surface area contributed by atoms with Crippen LogP contribution in [0.2, 0.25) is 0 Å². The largest absolute Gasteiger partial charge is 0.472 e. The van der Waals surface area contributed by atoms with Gasteiger partial charge >= 0.3 is 0 Å². The molecule has 1 aliphatic heterocycles. The standard InChI is InChI=1S/C23H30N6O/c1-15-3-7-18(8-4-15)26-23-25-13-20(22(27-23)30-19-9-10-24-12-19)16-5-6-17-14-29(2)28-21(17)11-16/h5-6,11,13-15,18-19,24H,3-4,7-10,12H2,1-2H3,(H,25,26,27)/t15-,18+,19?. The fraction of sp³-hybridized carbons (Fsp3) is 0.522. The van der Waals surface area contributed by atoms with Crippen LogP contribution in [0, 0.1) is 5.92 Å². The van der Waals surface area contributed by atoms with Gasteiger partial charge in [0.1, 0.15) is 6.10 Å². The highest BCUT2D eigenvalue weighted by molar-refractivity contribution is 5.84. The number of nitrogens with one attached hydrogen (secondary N) is 2. The Labute approximate surface area is 177 Å². The maximum atomic E-state index is 6.35. The summed E-state index contributed by atoms with van der Waals surface area (Å²) in [5.41, 5.74) is 2.90. The zero-order valence-corrected chi connectivity index (χ0v) is 17.8. The van der Waals surface area contributed by atoms with Crippen molar-refractivity contribution >= 4 is 16.9 Å². The van der Waals surface area contributed by atoms with E-state index in [0.29, 0.717) is 17.9 Å². The molecule has 158 valence electrons. The molecule has 0 radical (unpaired) electrons. The van der Waals surface area contributed by atoms with Crippen molar-refractivity contribution in [3.8, 4) is 17.0 Å². The van der Waals surface area contributed by atoms with E-state index >= 15 is 0 Å². The molecule has 0 spiro atoms. The van der Waals surface area contributed by atoms with Gasteiger partial charge in [-0.2, -0.15) is 10.1 Å². The Morgan fingerprint density at radius 2 is 2.03 bits per heavy atom. The lowest BCUT2D eigenvalue weighted by molar-refractivity contribution is 0.215. The van der Waals surface area contributed by atoms with Gasteiger partial charge in [0.25, 0.3) is 0 Å². The van der Waals surface area contributed by atoms with Crippen LogP contribution in [0.15, 0.2) is 30.6 Å². The summed E-state index contributed by atoms with van der Waals surface area (Å²) in [4.78, 5) is 9.46. The van der Waals surface area contributed by atoms with Crippen LogP contribution in [-0.4, -0.2) is 45.0 Å². The van der Waals surface area contributed by atoms with Gasteiger partial charge in [-0.1, -0.05) is 19.1 Å². The van der Waals surface area contributed by atoms with Crippen LogP contribution in [0.25, 0.3) is 22.0 Å². The monoisotopic (exact) mass is 406 g/mol. The van der Waals surface area contributed by atoms with Crippen LogP contribution in [-0.2, 0) is 7.05 Å². The molecule has 1 saturated carbocycles. The third-order valence-corrected chi connectivity index (χ3v) is 6.33. The third-order valence-electron chi connectivity index (χ3n) is 6.33. The Bertz CT molecular complexity index is 1020. The molecule has 0 bridgehead atoms. The first-order chi connectivity index (χ1) is 14.6. The van der Waals surface area contributed by atoms with E-state index in [1.54, 1.807) is 0 Å². The Kier molecular flexibility index (Phi) is 5.29. The molecular weight excluding hydrogens is 376 g/mol. The summed E-state index contributed by atoms with van der Waals surface area (Å²) in [7, 11) is 1.94. The minimum atomic E-state index is 0.139. The first-order valence-electron chi connectivity index (χ1n) is 11.1. The number of anilines is 1. The molecule has 30 heavy (non-hydrogen) atoms. The summed E-state index contributed by atoms with van der Waals surface area (Å²) in [6.07, 6.45) is 9.91. The van der Waals surface area contributed by atoms with Crippen LogP contribution in [0.3, 0.4) is 0 Å². The predicted molar refractivity (Wildman–Crippen MR) is 119 cm³/mol. The number of fused-ring (bicyclic) bond motifs is 1. The molecule has 3 heterocycles. The molecule has 1 aliphatic carbocycles. The molecule has 1 aromatic carbocycles. The molecule has 5 rings (SSSR count). The summed E-state index contributed by atoms with van der Waals surface area (Å²) in [5.74, 6) is 2.14. The second-order valence-electron chi connectivity index (χ2n) is 8.82. The van der Waals surface area contributed by atoms with Gasteiger partial charge in [-0.15, -0.1) is 0 Å². The lowest BCUT2D eigenvalue weighted by Crippen LogP contribution is -2.26. The molecule has 3 aromatic rings. The Balaban J connectivity index is 1.45. The molecule has 2 aliphatic rings. The van der Waals surface area contributed by atoms with Crippen LogP contribution < -0.4 is 15.4 Å². The smallest absolute Gasteiger partial charge is 0.226 e. The molecule has 1 saturated heterocycles. The highest BCUT2D eigenvalue weighted by Gasteiger charge is 2.22. The van der Waals surface area contributed by atoms with E-state index in [-0.39, 0.29) is 6.10 Å². The van der Waals surface area contributed by atoms with E-state index in [9.17, 15) is 0 Å². The van der Waals surface area contributed by atoms with E-state index in [1.807, 2.05) is 24.1 Å². The number of rotatable bonds is 5. The van der Waals surface area contributed by atoms with E-state index < -0.39 is 0 Å². The van der Waals surface area contributed by atoms with E-state index in [0.717, 1.165) is 47.5 Å². The van der Waals surface area contributed by atoms with Gasteiger partial charge < -0.3 is 15.4 Å². The Morgan fingerprint density at radius 1 is 1.17 bits per heavy atom. The van der Waals surface area contributed by atoms with Gasteiger partial charge in [-0.05, 0) is 56.2 Å². The van der Waals surface area contributed by atoms with Crippen molar-refractivity contribution in [2.75, 3.05) is 18.4 Å². The topological polar surface area (TPSA) is 76.9 Å². The first-order valence-corrected chi connectivity index (χ1v) is 11.1. The number of aromatic nitrogens is 4. The van der Waals surface area contributed by atoms with Crippen molar-refractivity contribution in [3.63, 3.8) is 0 Å². The summed E-state index contributed by atoms with van der Waals surface area (Å²) < 4.78 is 8.18. The van der Waals surface area contributed by atoms with Crippen molar-refractivity contribution in [2.45, 2.75) is 51.2 Å². The zero-order chi connectivity index (χ0) is 20.5. The van der Waals surface area contributed by atoms with Gasteiger partial charge in [0.05, 0.1) is 11.1 Å². The summed E-state index contributed by atoms with van der Waals surface area (Å²) >= 11 is 0. The summed E-state index contributed by atoms with van der Waals surface area (Å²) in [6.45, 7) is 4.17. The van der Waals surface area contributed by atoms with Gasteiger partial charge in [-0.25, -0.2) is 4.98 Å². The first kappa shape index (κ1) is 19.3. The fourth-order valence-electron chi connectivity index (χ4n) is 4.50. The molecule has 2 aromatic heterocycles. The molecule has 0 amide bonds. The minimum Gasteiger partial charge on any atom is -0.472 e. The highest BCUT2D eigenvalue weighted by Crippen LogP contribution is 2.32. The molecule has 1 atom stereocenters. The SMILES string of the molecule is Cn1cc2ccc(-c3cnc(N[C@H]4CC[C@@H](C)CC4)nc3OC3CCNC3)cc2n1. The lowest BCUT2D eigenvalue weighted by atomic mass is 9.87. The van der Waals surface area contributed by atoms with E-state index in [1.165, 1.54) is 25.7 Å². The normalized spacial score (nSPS) is 24.3. The number of hydrogen-bond donors (Lipinski definition) is 2. The summed E-state index contributed by atoms with van der Waals surface area (Å²) in [6, 6.07) is 6.72. The second-order valence-corrected chi connectivity index (χ2v) is 8.82. The average molecular weight is 407 g/mol. The maximum absolute atomic E-state index is 6.35. The van der Waals surface area contributed by atoms with Crippen LogP contribution in [0.4, 0.5) is 5.95 Å². The number of benzene rings is 1. The number of ether oxygens (including phenoxy) is 1. The second kappa shape index (κ2) is 8.22. The average Bonchev–Trinajstić information content (AvgIpc) is 3.38. The molecule has 7 nitrogen and oxygen atoms in total. The van der Waals surface area contributed by atoms with Crippen LogP contribution in [0.1, 0.15) is 39.0 Å². The maximum Gasteiger partial charge on any atom is 0.226 e. The van der Waals surface area contributed by atoms with Crippen molar-refractivity contribution < 1.29 is 4.74 Å². The van der Waals surface area contributed by atoms with Gasteiger partial charge in [-0.3, -0.25) is 4.68 Å². The van der Waals surface area contributed by atoms with Crippen molar-refractivity contribution in [1.82, 2.24) is 25.1 Å². The molecule has 2 N–H and O–H groups in total. The Morgan fingerprint density at radius 3 is 2.83 bits per heavy atom. The quantitative estimate of drug-likeness (QED) is 0.672. The number of hydrogen-bond acceptors (Lipinski definition) is 6. The number of nitrogens with zero attached hydrogens (tertiary/aromatic N) is 4. The van der Waals surface area contributed by atoms with E-state index in [4.69, 9.17) is 9.72 Å². The third kappa shape index (κ3) is 4.12. The highest BCUT2D eigenvalue weighted by atomic mass is 16.5. The fourth-order valence-corrected chi connectivity index (χ4v) is 4.50. The van der Waals surface area contributed by atoms with Gasteiger partial charge in [0, 0.05) is 37.4 Å². The van der Waals surface area contributed by atoms with Crippen molar-refractivity contribution in [3.05, 3.63) is 30.6 Å². The molecule has 7 heteroatoms. The molecule has 2 fully saturated rings. The zero-order valence-electron chi connectivity index (χ0n) is 17.8. The van der Waals surface area contributed by atoms with E-state index in [2.05, 4.69) is 45.8 Å². The predicted octanol–water partition coefficient (Wildman–Crippen LogP) is 3.76. The molecular formula is C23H30N6O. The lowest BCUT2D eigenvalue weighted by Gasteiger charge is -2.27.